The normalized spacial score (nSPS) is 16.0. The number of hydrogen-bond donors (Lipinski definition) is 0. The van der Waals surface area contributed by atoms with E-state index >= 15 is 0 Å². The Morgan fingerprint density at radius 1 is 1.36 bits per heavy atom. The molecular weight excluding hydrogens is 318 g/mol. The Hall–Kier alpha value is -2.76. The number of ether oxygens (including phenoxy) is 2. The average Bonchev–Trinajstić information content (AvgIpc) is 2.66. The van der Waals surface area contributed by atoms with Gasteiger partial charge in [0.15, 0.2) is 0 Å². The fourth-order valence-corrected chi connectivity index (χ4v) is 3.01. The number of pyridine rings is 1. The fourth-order valence-electron chi connectivity index (χ4n) is 3.01. The summed E-state index contributed by atoms with van der Waals surface area (Å²) in [5.74, 6) is 1.28. The molecule has 25 heavy (non-hydrogen) atoms. The Morgan fingerprint density at radius 3 is 2.84 bits per heavy atom. The van der Waals surface area contributed by atoms with E-state index in [9.17, 15) is 4.79 Å². The van der Waals surface area contributed by atoms with Gasteiger partial charge in [0, 0.05) is 25.9 Å². The summed E-state index contributed by atoms with van der Waals surface area (Å²) in [7, 11) is 3.33. The highest BCUT2D eigenvalue weighted by Crippen LogP contribution is 2.32. The van der Waals surface area contributed by atoms with Crippen LogP contribution in [0.2, 0.25) is 0 Å². The highest BCUT2D eigenvalue weighted by Gasteiger charge is 2.27. The van der Waals surface area contributed by atoms with Gasteiger partial charge in [-0.05, 0) is 25.1 Å². The van der Waals surface area contributed by atoms with Crippen LogP contribution in [0.5, 0.6) is 11.6 Å². The molecule has 6 heteroatoms. The van der Waals surface area contributed by atoms with Crippen LogP contribution in [0.15, 0.2) is 42.6 Å². The molecule has 0 saturated carbocycles. The van der Waals surface area contributed by atoms with Gasteiger partial charge in [0.05, 0.1) is 31.5 Å². The molecule has 0 fully saturated rings. The van der Waals surface area contributed by atoms with Gasteiger partial charge in [-0.3, -0.25) is 4.79 Å². The Balaban J connectivity index is 1.68. The topological polar surface area (TPSA) is 54.9 Å². The zero-order chi connectivity index (χ0) is 17.8. The molecule has 2 heterocycles. The molecule has 1 aromatic carbocycles. The van der Waals surface area contributed by atoms with E-state index in [0.29, 0.717) is 18.0 Å². The van der Waals surface area contributed by atoms with Gasteiger partial charge in [0.25, 0.3) is 5.91 Å². The summed E-state index contributed by atoms with van der Waals surface area (Å²) in [5, 5.41) is 0. The minimum absolute atomic E-state index is 0.0741. The number of carbonyl (C=O) groups is 1. The van der Waals surface area contributed by atoms with Crippen LogP contribution in [-0.4, -0.2) is 55.7 Å². The Bertz CT molecular complexity index is 733. The second kappa shape index (κ2) is 7.42. The third-order valence-electron chi connectivity index (χ3n) is 4.32. The van der Waals surface area contributed by atoms with E-state index < -0.39 is 0 Å². The van der Waals surface area contributed by atoms with Crippen molar-refractivity contribution in [2.24, 2.45) is 0 Å². The number of hydrogen-bond acceptors (Lipinski definition) is 5. The minimum Gasteiger partial charge on any atom is -0.485 e. The summed E-state index contributed by atoms with van der Waals surface area (Å²) < 4.78 is 11.1. The van der Waals surface area contributed by atoms with Crippen molar-refractivity contribution < 1.29 is 14.3 Å². The number of methoxy groups -OCH3 is 1. The largest absolute Gasteiger partial charge is 0.485 e. The van der Waals surface area contributed by atoms with Crippen LogP contribution < -0.4 is 14.4 Å². The van der Waals surface area contributed by atoms with Crippen molar-refractivity contribution >= 4 is 11.6 Å². The summed E-state index contributed by atoms with van der Waals surface area (Å²) in [4.78, 5) is 20.6. The summed E-state index contributed by atoms with van der Waals surface area (Å²) in [6, 6.07) is 11.4. The maximum atomic E-state index is 12.6. The Kier molecular flexibility index (Phi) is 5.07. The third-order valence-corrected chi connectivity index (χ3v) is 4.32. The van der Waals surface area contributed by atoms with Crippen molar-refractivity contribution in [1.29, 1.82) is 0 Å². The van der Waals surface area contributed by atoms with Crippen LogP contribution in [0.25, 0.3) is 0 Å². The number of para-hydroxylation sites is 2. The predicted octanol–water partition coefficient (Wildman–Crippen LogP) is 2.45. The maximum Gasteiger partial charge on any atom is 0.255 e. The van der Waals surface area contributed by atoms with Gasteiger partial charge in [0.2, 0.25) is 5.88 Å². The molecular formula is C19H23N3O3. The Labute approximate surface area is 148 Å². The molecule has 132 valence electrons. The number of nitrogens with zero attached hydrogens (tertiary/aromatic N) is 3. The van der Waals surface area contributed by atoms with Crippen LogP contribution in [0.4, 0.5) is 5.69 Å². The van der Waals surface area contributed by atoms with Crippen LogP contribution in [-0.2, 0) is 0 Å². The lowest BCUT2D eigenvalue weighted by Crippen LogP contribution is -2.46. The molecule has 6 nitrogen and oxygen atoms in total. The molecule has 0 radical (unpaired) electrons. The molecule has 1 aliphatic heterocycles. The van der Waals surface area contributed by atoms with E-state index in [2.05, 4.69) is 22.9 Å². The molecule has 0 spiro atoms. The molecule has 1 unspecified atom stereocenters. The van der Waals surface area contributed by atoms with Crippen LogP contribution >= 0.6 is 0 Å². The second-order valence-corrected chi connectivity index (χ2v) is 6.02. The van der Waals surface area contributed by atoms with Gasteiger partial charge in [-0.15, -0.1) is 0 Å². The number of fused-ring (bicyclic) bond motifs is 1. The fraction of sp³-hybridized carbons (Fsp3) is 0.368. The van der Waals surface area contributed by atoms with E-state index in [1.165, 1.54) is 6.20 Å². The number of benzene rings is 1. The van der Waals surface area contributed by atoms with E-state index in [0.717, 1.165) is 24.5 Å². The zero-order valence-corrected chi connectivity index (χ0v) is 14.8. The lowest BCUT2D eigenvalue weighted by atomic mass is 10.1. The number of likely N-dealkylation sites (N-methyl/N-ethyl adjacent to an activating group) is 2. The molecule has 2 aromatic rings. The summed E-state index contributed by atoms with van der Waals surface area (Å²) in [6.45, 7) is 4.29. The molecule has 1 atom stereocenters. The lowest BCUT2D eigenvalue weighted by molar-refractivity contribution is 0.0709. The van der Waals surface area contributed by atoms with Crippen LogP contribution in [0.3, 0.4) is 0 Å². The highest BCUT2D eigenvalue weighted by atomic mass is 16.5. The van der Waals surface area contributed by atoms with Gasteiger partial charge in [0.1, 0.15) is 11.9 Å². The summed E-state index contributed by atoms with van der Waals surface area (Å²) in [6.07, 6.45) is 1.46. The molecule has 1 aromatic heterocycles. The second-order valence-electron chi connectivity index (χ2n) is 6.02. The molecule has 0 N–H and O–H groups in total. The third kappa shape index (κ3) is 3.68. The molecule has 1 aliphatic rings. The van der Waals surface area contributed by atoms with Crippen molar-refractivity contribution in [1.82, 2.24) is 9.88 Å². The smallest absolute Gasteiger partial charge is 0.255 e. The maximum absolute atomic E-state index is 12.6. The van der Waals surface area contributed by atoms with Crippen molar-refractivity contribution in [2.45, 2.75) is 13.0 Å². The first-order chi connectivity index (χ1) is 12.1. The number of anilines is 1. The summed E-state index contributed by atoms with van der Waals surface area (Å²) >= 11 is 0. The number of aromatic nitrogens is 1. The quantitative estimate of drug-likeness (QED) is 0.836. The van der Waals surface area contributed by atoms with Gasteiger partial charge < -0.3 is 19.3 Å². The highest BCUT2D eigenvalue weighted by molar-refractivity contribution is 5.93. The van der Waals surface area contributed by atoms with Crippen molar-refractivity contribution in [3.05, 3.63) is 48.2 Å². The molecule has 0 bridgehead atoms. The number of amides is 1. The standard InChI is InChI=1S/C19H23N3O3/c1-4-22-13-15(25-17-8-6-5-7-16(17)22)12-21(2)19(23)14-9-10-18(24-3)20-11-14/h5-11,15H,4,12-13H2,1-3H3. The van der Waals surface area contributed by atoms with Crippen molar-refractivity contribution in [2.75, 3.05) is 38.7 Å². The first-order valence-electron chi connectivity index (χ1n) is 8.38. The minimum atomic E-state index is -0.0827. The van der Waals surface area contributed by atoms with Crippen LogP contribution in [0.1, 0.15) is 17.3 Å². The van der Waals surface area contributed by atoms with E-state index in [1.54, 1.807) is 31.2 Å². The number of rotatable bonds is 5. The van der Waals surface area contributed by atoms with Gasteiger partial charge in [-0.25, -0.2) is 4.98 Å². The monoisotopic (exact) mass is 341 g/mol. The van der Waals surface area contributed by atoms with E-state index in [4.69, 9.17) is 9.47 Å². The SMILES string of the molecule is CCN1CC(CN(C)C(=O)c2ccc(OC)nc2)Oc2ccccc21. The van der Waals surface area contributed by atoms with Gasteiger partial charge in [-0.2, -0.15) is 0 Å². The van der Waals surface area contributed by atoms with Crippen LogP contribution in [0, 0.1) is 0 Å². The molecule has 0 aliphatic carbocycles. The lowest BCUT2D eigenvalue weighted by Gasteiger charge is -2.37. The first kappa shape index (κ1) is 17.1. The van der Waals surface area contributed by atoms with Gasteiger partial charge in [-0.1, -0.05) is 12.1 Å². The first-order valence-corrected chi connectivity index (χ1v) is 8.38. The van der Waals surface area contributed by atoms with E-state index in [1.807, 2.05) is 18.2 Å². The van der Waals surface area contributed by atoms with E-state index in [-0.39, 0.29) is 12.0 Å². The molecule has 1 amide bonds. The van der Waals surface area contributed by atoms with Crippen molar-refractivity contribution in [3.8, 4) is 11.6 Å². The Morgan fingerprint density at radius 2 is 2.16 bits per heavy atom. The predicted molar refractivity (Wildman–Crippen MR) is 96.5 cm³/mol. The summed E-state index contributed by atoms with van der Waals surface area (Å²) in [5.41, 5.74) is 1.64. The average molecular weight is 341 g/mol. The molecule has 3 rings (SSSR count). The zero-order valence-electron chi connectivity index (χ0n) is 14.8. The number of carbonyl (C=O) groups excluding carboxylic acids is 1. The molecule has 0 saturated heterocycles. The van der Waals surface area contributed by atoms with Gasteiger partial charge >= 0.3 is 0 Å². The van der Waals surface area contributed by atoms with Crippen molar-refractivity contribution in [3.63, 3.8) is 0 Å².